The Balaban J connectivity index is 1.61. The molecule has 1 fully saturated rings. The minimum absolute atomic E-state index is 0.0948. The van der Waals surface area contributed by atoms with Gasteiger partial charge in [0.15, 0.2) is 0 Å². The number of carbonyl (C=O) groups excluding carboxylic acids is 1. The van der Waals surface area contributed by atoms with E-state index in [1.165, 1.54) is 0 Å². The highest BCUT2D eigenvalue weighted by Crippen LogP contribution is 2.25. The first-order valence-electron chi connectivity index (χ1n) is 7.66. The molecule has 0 aliphatic carbocycles. The van der Waals surface area contributed by atoms with E-state index in [0.29, 0.717) is 13.2 Å². The molecule has 2 N–H and O–H groups in total. The molecule has 6 heteroatoms. The van der Waals surface area contributed by atoms with Crippen LogP contribution in [0.3, 0.4) is 0 Å². The Bertz CT molecular complexity index is 636. The Morgan fingerprint density at radius 3 is 2.74 bits per heavy atom. The standard InChI is InChI=1S/C17H20N4O2/c18-17(22)16-11-21(9-13-2-1-5-20-8-13)10-14(16)12-23-15-3-6-19-7-4-15/h1-8,14,16H,9-12H2,(H2,18,22)/t14-,16+/m0/s1. The van der Waals surface area contributed by atoms with Crippen molar-refractivity contribution in [3.05, 3.63) is 54.6 Å². The summed E-state index contributed by atoms with van der Waals surface area (Å²) in [7, 11) is 0. The largest absolute Gasteiger partial charge is 0.493 e. The van der Waals surface area contributed by atoms with Crippen LogP contribution in [0.4, 0.5) is 0 Å². The number of rotatable bonds is 6. The number of ether oxygens (including phenoxy) is 1. The second-order valence-corrected chi connectivity index (χ2v) is 5.82. The second kappa shape index (κ2) is 7.19. The van der Waals surface area contributed by atoms with Gasteiger partial charge < -0.3 is 10.5 Å². The molecule has 2 aromatic rings. The zero-order valence-electron chi connectivity index (χ0n) is 12.8. The molecule has 3 rings (SSSR count). The third-order valence-corrected chi connectivity index (χ3v) is 4.12. The van der Waals surface area contributed by atoms with Gasteiger partial charge in [-0.25, -0.2) is 0 Å². The summed E-state index contributed by atoms with van der Waals surface area (Å²) in [4.78, 5) is 22.1. The second-order valence-electron chi connectivity index (χ2n) is 5.82. The van der Waals surface area contributed by atoms with Crippen molar-refractivity contribution in [3.63, 3.8) is 0 Å². The van der Waals surface area contributed by atoms with Gasteiger partial charge in [-0.1, -0.05) is 6.07 Å². The van der Waals surface area contributed by atoms with Gasteiger partial charge in [0.1, 0.15) is 5.75 Å². The van der Waals surface area contributed by atoms with E-state index in [0.717, 1.165) is 24.4 Å². The topological polar surface area (TPSA) is 81.3 Å². The lowest BCUT2D eigenvalue weighted by Gasteiger charge is -2.16. The molecule has 0 aromatic carbocycles. The highest BCUT2D eigenvalue weighted by molar-refractivity contribution is 5.77. The van der Waals surface area contributed by atoms with Crippen LogP contribution in [0.5, 0.6) is 5.75 Å². The Hall–Kier alpha value is -2.47. The molecule has 120 valence electrons. The number of pyridine rings is 2. The Kier molecular flexibility index (Phi) is 4.83. The monoisotopic (exact) mass is 312 g/mol. The lowest BCUT2D eigenvalue weighted by atomic mass is 9.96. The lowest BCUT2D eigenvalue weighted by molar-refractivity contribution is -0.122. The van der Waals surface area contributed by atoms with Gasteiger partial charge in [-0.15, -0.1) is 0 Å². The summed E-state index contributed by atoms with van der Waals surface area (Å²) in [6.07, 6.45) is 6.97. The molecule has 1 aliphatic heterocycles. The summed E-state index contributed by atoms with van der Waals surface area (Å²) in [5.74, 6) is 0.404. The average molecular weight is 312 g/mol. The number of hydrogen-bond acceptors (Lipinski definition) is 5. The van der Waals surface area contributed by atoms with E-state index in [1.54, 1.807) is 18.6 Å². The molecule has 0 bridgehead atoms. The van der Waals surface area contributed by atoms with Crippen molar-refractivity contribution in [1.82, 2.24) is 14.9 Å². The third kappa shape index (κ3) is 4.04. The maximum atomic E-state index is 11.7. The predicted molar refractivity (Wildman–Crippen MR) is 85.4 cm³/mol. The summed E-state index contributed by atoms with van der Waals surface area (Å²) >= 11 is 0. The highest BCUT2D eigenvalue weighted by Gasteiger charge is 2.36. The first kappa shape index (κ1) is 15.4. The fourth-order valence-corrected chi connectivity index (χ4v) is 2.97. The van der Waals surface area contributed by atoms with Crippen molar-refractivity contribution in [2.24, 2.45) is 17.6 Å². The van der Waals surface area contributed by atoms with Crippen LogP contribution in [0.1, 0.15) is 5.56 Å². The van der Waals surface area contributed by atoms with Crippen molar-refractivity contribution in [3.8, 4) is 5.75 Å². The fraction of sp³-hybridized carbons (Fsp3) is 0.353. The average Bonchev–Trinajstić information content (AvgIpc) is 2.98. The van der Waals surface area contributed by atoms with Gasteiger partial charge in [0.25, 0.3) is 0 Å². The van der Waals surface area contributed by atoms with E-state index in [9.17, 15) is 4.79 Å². The van der Waals surface area contributed by atoms with E-state index in [4.69, 9.17) is 10.5 Å². The van der Waals surface area contributed by atoms with Crippen molar-refractivity contribution >= 4 is 5.91 Å². The van der Waals surface area contributed by atoms with E-state index in [-0.39, 0.29) is 17.7 Å². The molecule has 3 heterocycles. The van der Waals surface area contributed by atoms with E-state index in [1.807, 2.05) is 30.5 Å². The number of nitrogens with zero attached hydrogens (tertiary/aromatic N) is 3. The molecule has 2 aromatic heterocycles. The van der Waals surface area contributed by atoms with Gasteiger partial charge in [-0.05, 0) is 23.8 Å². The molecule has 2 atom stereocenters. The quantitative estimate of drug-likeness (QED) is 0.863. The number of carbonyl (C=O) groups is 1. The smallest absolute Gasteiger partial charge is 0.222 e. The molecule has 0 unspecified atom stereocenters. The number of nitrogens with two attached hydrogens (primary N) is 1. The van der Waals surface area contributed by atoms with Crippen LogP contribution in [-0.2, 0) is 11.3 Å². The third-order valence-electron chi connectivity index (χ3n) is 4.12. The highest BCUT2D eigenvalue weighted by atomic mass is 16.5. The van der Waals surface area contributed by atoms with E-state index < -0.39 is 0 Å². The van der Waals surface area contributed by atoms with Crippen LogP contribution < -0.4 is 10.5 Å². The molecule has 1 amide bonds. The van der Waals surface area contributed by atoms with Gasteiger partial charge in [0.05, 0.1) is 12.5 Å². The molecule has 1 aliphatic rings. The minimum atomic E-state index is -0.262. The lowest BCUT2D eigenvalue weighted by Crippen LogP contribution is -2.32. The van der Waals surface area contributed by atoms with Crippen molar-refractivity contribution in [1.29, 1.82) is 0 Å². The van der Waals surface area contributed by atoms with Crippen LogP contribution in [-0.4, -0.2) is 40.5 Å². The number of aromatic nitrogens is 2. The summed E-state index contributed by atoms with van der Waals surface area (Å²) in [5, 5.41) is 0. The fourth-order valence-electron chi connectivity index (χ4n) is 2.97. The number of likely N-dealkylation sites (tertiary alicyclic amines) is 1. The van der Waals surface area contributed by atoms with Gasteiger partial charge in [-0.2, -0.15) is 0 Å². The van der Waals surface area contributed by atoms with Crippen molar-refractivity contribution in [2.75, 3.05) is 19.7 Å². The predicted octanol–water partition coefficient (Wildman–Crippen LogP) is 1.09. The summed E-state index contributed by atoms with van der Waals surface area (Å²) in [5.41, 5.74) is 6.70. The Labute approximate surface area is 135 Å². The van der Waals surface area contributed by atoms with Crippen LogP contribution in [0.15, 0.2) is 49.1 Å². The van der Waals surface area contributed by atoms with E-state index in [2.05, 4.69) is 14.9 Å². The molecule has 0 spiro atoms. The molecular formula is C17H20N4O2. The Morgan fingerprint density at radius 1 is 1.22 bits per heavy atom. The summed E-state index contributed by atoms with van der Waals surface area (Å²) in [6, 6.07) is 7.57. The van der Waals surface area contributed by atoms with Crippen LogP contribution in [0.25, 0.3) is 0 Å². The molecule has 0 saturated carbocycles. The van der Waals surface area contributed by atoms with Crippen LogP contribution in [0, 0.1) is 11.8 Å². The first-order valence-corrected chi connectivity index (χ1v) is 7.66. The van der Waals surface area contributed by atoms with Gasteiger partial charge in [0.2, 0.25) is 5.91 Å². The molecule has 0 radical (unpaired) electrons. The zero-order chi connectivity index (χ0) is 16.1. The van der Waals surface area contributed by atoms with Gasteiger partial charge in [0, 0.05) is 50.3 Å². The molecule has 23 heavy (non-hydrogen) atoms. The van der Waals surface area contributed by atoms with Gasteiger partial charge in [-0.3, -0.25) is 19.7 Å². The number of hydrogen-bond donors (Lipinski definition) is 1. The van der Waals surface area contributed by atoms with Gasteiger partial charge >= 0.3 is 0 Å². The number of amides is 1. The first-order chi connectivity index (χ1) is 11.2. The van der Waals surface area contributed by atoms with Crippen molar-refractivity contribution in [2.45, 2.75) is 6.54 Å². The SMILES string of the molecule is NC(=O)[C@@H]1CN(Cc2cccnc2)C[C@H]1COc1ccncc1. The normalized spacial score (nSPS) is 21.2. The van der Waals surface area contributed by atoms with Crippen molar-refractivity contribution < 1.29 is 9.53 Å². The maximum absolute atomic E-state index is 11.7. The summed E-state index contributed by atoms with van der Waals surface area (Å²) < 4.78 is 5.78. The van der Waals surface area contributed by atoms with E-state index >= 15 is 0 Å². The molecule has 6 nitrogen and oxygen atoms in total. The molecular weight excluding hydrogens is 292 g/mol. The Morgan fingerprint density at radius 2 is 2.04 bits per heavy atom. The summed E-state index contributed by atoms with van der Waals surface area (Å²) in [6.45, 7) is 2.69. The minimum Gasteiger partial charge on any atom is -0.493 e. The molecule has 1 saturated heterocycles. The number of primary amides is 1. The maximum Gasteiger partial charge on any atom is 0.222 e. The van der Waals surface area contributed by atoms with Crippen LogP contribution in [0.2, 0.25) is 0 Å². The zero-order valence-corrected chi connectivity index (χ0v) is 12.8. The van der Waals surface area contributed by atoms with Crippen LogP contribution >= 0.6 is 0 Å².